The Labute approximate surface area is 179 Å². The lowest BCUT2D eigenvalue weighted by Crippen LogP contribution is -2.40. The summed E-state index contributed by atoms with van der Waals surface area (Å²) in [5, 5.41) is 0. The minimum absolute atomic E-state index is 0.146. The molecule has 0 bridgehead atoms. The van der Waals surface area contributed by atoms with Crippen LogP contribution in [-0.4, -0.2) is 41.8 Å². The van der Waals surface area contributed by atoms with Crippen LogP contribution >= 0.6 is 0 Å². The van der Waals surface area contributed by atoms with Crippen LogP contribution < -0.4 is 5.73 Å². The van der Waals surface area contributed by atoms with Crippen molar-refractivity contribution < 1.29 is 9.59 Å². The molecule has 1 aliphatic carbocycles. The molecule has 2 amide bonds. The van der Waals surface area contributed by atoms with Crippen molar-refractivity contribution in [3.05, 3.63) is 71.3 Å². The van der Waals surface area contributed by atoms with E-state index in [4.69, 9.17) is 5.73 Å². The molecule has 2 aromatic carbocycles. The van der Waals surface area contributed by atoms with E-state index in [0.717, 1.165) is 31.2 Å². The Hall–Kier alpha value is -2.66. The fourth-order valence-corrected chi connectivity index (χ4v) is 4.67. The van der Waals surface area contributed by atoms with Gasteiger partial charge in [0.2, 0.25) is 11.8 Å². The molecule has 30 heavy (non-hydrogen) atoms. The van der Waals surface area contributed by atoms with Gasteiger partial charge in [0.05, 0.1) is 0 Å². The van der Waals surface area contributed by atoms with Crippen molar-refractivity contribution in [1.82, 2.24) is 9.80 Å². The maximum atomic E-state index is 12.3. The summed E-state index contributed by atoms with van der Waals surface area (Å²) in [4.78, 5) is 27.9. The highest BCUT2D eigenvalue weighted by Crippen LogP contribution is 2.36. The number of hydrogen-bond acceptors (Lipinski definition) is 3. The van der Waals surface area contributed by atoms with Gasteiger partial charge in [-0.3, -0.25) is 14.5 Å². The normalized spacial score (nSPS) is 20.0. The Morgan fingerprint density at radius 3 is 2.07 bits per heavy atom. The summed E-state index contributed by atoms with van der Waals surface area (Å²) in [6.07, 6.45) is 4.16. The predicted octanol–water partition coefficient (Wildman–Crippen LogP) is 3.85. The lowest BCUT2D eigenvalue weighted by Gasteiger charge is -2.37. The van der Waals surface area contributed by atoms with Crippen molar-refractivity contribution >= 4 is 11.8 Å². The van der Waals surface area contributed by atoms with Gasteiger partial charge in [-0.25, -0.2) is 0 Å². The van der Waals surface area contributed by atoms with Gasteiger partial charge < -0.3 is 10.6 Å². The zero-order valence-corrected chi connectivity index (χ0v) is 18.3. The van der Waals surface area contributed by atoms with Crippen LogP contribution in [0.2, 0.25) is 0 Å². The third-order valence-corrected chi connectivity index (χ3v) is 6.25. The van der Waals surface area contributed by atoms with Gasteiger partial charge in [0, 0.05) is 19.5 Å². The second-order valence-electron chi connectivity index (χ2n) is 8.57. The number of carbonyl (C=O) groups excluding carboxylic acids is 2. The molecule has 0 heterocycles. The number of hydrogen-bond donors (Lipinski definition) is 1. The third-order valence-electron chi connectivity index (χ3n) is 6.25. The van der Waals surface area contributed by atoms with Crippen LogP contribution in [0.15, 0.2) is 54.6 Å². The summed E-state index contributed by atoms with van der Waals surface area (Å²) in [7, 11) is 3.72. The van der Waals surface area contributed by atoms with Crippen molar-refractivity contribution in [2.45, 2.75) is 57.2 Å². The van der Waals surface area contributed by atoms with Crippen LogP contribution in [0.4, 0.5) is 0 Å². The van der Waals surface area contributed by atoms with Gasteiger partial charge in [0.1, 0.15) is 6.04 Å². The van der Waals surface area contributed by atoms with E-state index in [1.54, 1.807) is 6.92 Å². The van der Waals surface area contributed by atoms with Gasteiger partial charge >= 0.3 is 0 Å². The molecule has 2 aromatic rings. The highest BCUT2D eigenvalue weighted by molar-refractivity contribution is 5.81. The van der Waals surface area contributed by atoms with Crippen molar-refractivity contribution in [2.75, 3.05) is 14.1 Å². The summed E-state index contributed by atoms with van der Waals surface area (Å²) < 4.78 is 0. The highest BCUT2D eigenvalue weighted by Gasteiger charge is 2.28. The standard InChI is InChI=1S/C25H33N3O2/c1-18(29)28(17-19-7-5-4-6-8-19)23-15-13-21(14-16-23)20-9-11-22(12-10-20)24(25(26)30)27(2)3/h4-12,21,23-24H,13-17H2,1-3H3,(H2,26,30). The summed E-state index contributed by atoms with van der Waals surface area (Å²) in [5.41, 5.74) is 8.97. The second kappa shape index (κ2) is 9.90. The first-order valence-corrected chi connectivity index (χ1v) is 10.7. The maximum absolute atomic E-state index is 12.3. The zero-order valence-electron chi connectivity index (χ0n) is 18.3. The fraction of sp³-hybridized carbons (Fsp3) is 0.440. The minimum atomic E-state index is -0.406. The molecule has 3 rings (SSSR count). The van der Waals surface area contributed by atoms with Gasteiger partial charge in [0.25, 0.3) is 0 Å². The molecule has 5 heteroatoms. The highest BCUT2D eigenvalue weighted by atomic mass is 16.2. The first kappa shape index (κ1) is 22.0. The minimum Gasteiger partial charge on any atom is -0.368 e. The van der Waals surface area contributed by atoms with Gasteiger partial charge in [-0.1, -0.05) is 54.6 Å². The Bertz CT molecular complexity index is 840. The molecule has 0 spiro atoms. The second-order valence-corrected chi connectivity index (χ2v) is 8.57. The van der Waals surface area contributed by atoms with E-state index in [0.29, 0.717) is 18.5 Å². The Kier molecular flexibility index (Phi) is 7.27. The monoisotopic (exact) mass is 407 g/mol. The average molecular weight is 408 g/mol. The average Bonchev–Trinajstić information content (AvgIpc) is 2.73. The topological polar surface area (TPSA) is 66.6 Å². The van der Waals surface area contributed by atoms with Crippen LogP contribution in [0, 0.1) is 0 Å². The summed E-state index contributed by atoms with van der Waals surface area (Å²) in [6, 6.07) is 18.4. The number of benzene rings is 2. The Balaban J connectivity index is 1.63. The molecule has 1 unspecified atom stereocenters. The number of primary amides is 1. The molecule has 0 radical (unpaired) electrons. The lowest BCUT2D eigenvalue weighted by atomic mass is 9.80. The van der Waals surface area contributed by atoms with Gasteiger partial charge in [-0.2, -0.15) is 0 Å². The Morgan fingerprint density at radius 2 is 1.57 bits per heavy atom. The van der Waals surface area contributed by atoms with Gasteiger partial charge in [-0.15, -0.1) is 0 Å². The molecule has 1 atom stereocenters. The zero-order chi connectivity index (χ0) is 21.7. The lowest BCUT2D eigenvalue weighted by molar-refractivity contribution is -0.132. The molecule has 0 saturated heterocycles. The van der Waals surface area contributed by atoms with Crippen LogP contribution in [0.1, 0.15) is 61.3 Å². The van der Waals surface area contributed by atoms with Crippen molar-refractivity contribution in [3.8, 4) is 0 Å². The van der Waals surface area contributed by atoms with Crippen LogP contribution in [0.25, 0.3) is 0 Å². The number of rotatable bonds is 7. The molecular weight excluding hydrogens is 374 g/mol. The predicted molar refractivity (Wildman–Crippen MR) is 120 cm³/mol. The van der Waals surface area contributed by atoms with E-state index in [9.17, 15) is 9.59 Å². The number of nitrogens with two attached hydrogens (primary N) is 1. The largest absolute Gasteiger partial charge is 0.368 e. The smallest absolute Gasteiger partial charge is 0.239 e. The number of nitrogens with zero attached hydrogens (tertiary/aromatic N) is 2. The van der Waals surface area contributed by atoms with E-state index in [1.807, 2.05) is 54.2 Å². The third kappa shape index (κ3) is 5.28. The van der Waals surface area contributed by atoms with E-state index in [2.05, 4.69) is 24.3 Å². The van der Waals surface area contributed by atoms with E-state index in [1.165, 1.54) is 11.1 Å². The first-order valence-electron chi connectivity index (χ1n) is 10.7. The van der Waals surface area contributed by atoms with Gasteiger partial charge in [0.15, 0.2) is 0 Å². The molecule has 160 valence electrons. The van der Waals surface area contributed by atoms with Crippen LogP contribution in [0.5, 0.6) is 0 Å². The van der Waals surface area contributed by atoms with Crippen LogP contribution in [-0.2, 0) is 16.1 Å². The number of carbonyl (C=O) groups is 2. The van der Waals surface area contributed by atoms with E-state index < -0.39 is 6.04 Å². The molecule has 0 aromatic heterocycles. The van der Waals surface area contributed by atoms with Crippen molar-refractivity contribution in [2.24, 2.45) is 5.73 Å². The first-order chi connectivity index (χ1) is 14.4. The molecule has 1 saturated carbocycles. The van der Waals surface area contributed by atoms with Crippen LogP contribution in [0.3, 0.4) is 0 Å². The van der Waals surface area contributed by atoms with Crippen molar-refractivity contribution in [3.63, 3.8) is 0 Å². The van der Waals surface area contributed by atoms with E-state index >= 15 is 0 Å². The maximum Gasteiger partial charge on any atom is 0.239 e. The Morgan fingerprint density at radius 1 is 0.967 bits per heavy atom. The molecule has 0 aliphatic heterocycles. The summed E-state index contributed by atoms with van der Waals surface area (Å²) in [5.74, 6) is 0.302. The molecule has 1 fully saturated rings. The number of likely N-dealkylation sites (N-methyl/N-ethyl adjacent to an activating group) is 1. The quantitative estimate of drug-likeness (QED) is 0.758. The summed E-state index contributed by atoms with van der Waals surface area (Å²) >= 11 is 0. The van der Waals surface area contributed by atoms with Crippen molar-refractivity contribution in [1.29, 1.82) is 0 Å². The molecule has 5 nitrogen and oxygen atoms in total. The number of amides is 2. The molecule has 1 aliphatic rings. The fourth-order valence-electron chi connectivity index (χ4n) is 4.67. The summed E-state index contributed by atoms with van der Waals surface area (Å²) in [6.45, 7) is 2.35. The SMILES string of the molecule is CC(=O)N(Cc1ccccc1)C1CCC(c2ccc(C(C(N)=O)N(C)C)cc2)CC1. The molecule has 2 N–H and O–H groups in total. The van der Waals surface area contributed by atoms with Gasteiger partial charge in [-0.05, 0) is 62.4 Å². The molecular formula is C25H33N3O2. The van der Waals surface area contributed by atoms with E-state index in [-0.39, 0.29) is 11.8 Å².